The molecular formula is C20H20Cl2N6O4S. The molecular weight excluding hydrogens is 491 g/mol. The molecule has 0 bridgehead atoms. The monoisotopic (exact) mass is 510 g/mol. The van der Waals surface area contributed by atoms with E-state index in [0.717, 1.165) is 6.33 Å². The van der Waals surface area contributed by atoms with Gasteiger partial charge in [-0.15, -0.1) is 0 Å². The highest BCUT2D eigenvalue weighted by atomic mass is 35.5. The van der Waals surface area contributed by atoms with Gasteiger partial charge in [-0.1, -0.05) is 37.0 Å². The lowest BCUT2D eigenvalue weighted by Gasteiger charge is -2.18. The predicted octanol–water partition coefficient (Wildman–Crippen LogP) is 5.21. The minimum Gasteiger partial charge on any atom is -0.334 e. The second-order valence-electron chi connectivity index (χ2n) is 6.66. The van der Waals surface area contributed by atoms with Crippen molar-refractivity contribution >= 4 is 61.9 Å². The largest absolute Gasteiger partial charge is 0.353 e. The van der Waals surface area contributed by atoms with E-state index in [-0.39, 0.29) is 21.6 Å². The molecule has 2 aromatic carbocycles. The zero-order valence-electron chi connectivity index (χ0n) is 17.6. The Hall–Kier alpha value is -2.99. The van der Waals surface area contributed by atoms with Crippen LogP contribution in [0.15, 0.2) is 53.7 Å². The van der Waals surface area contributed by atoms with E-state index < -0.39 is 20.6 Å². The fourth-order valence-corrected chi connectivity index (χ4v) is 4.93. The van der Waals surface area contributed by atoms with Crippen molar-refractivity contribution in [3.63, 3.8) is 0 Å². The van der Waals surface area contributed by atoms with E-state index in [1.54, 1.807) is 26.0 Å². The van der Waals surface area contributed by atoms with E-state index in [1.807, 2.05) is 0 Å². The molecule has 1 aromatic heterocycles. The molecule has 0 radical (unpaired) electrons. The molecule has 1 heterocycles. The first kappa shape index (κ1) is 24.6. The van der Waals surface area contributed by atoms with Crippen LogP contribution in [0, 0.1) is 10.1 Å². The van der Waals surface area contributed by atoms with Gasteiger partial charge in [0.1, 0.15) is 6.33 Å². The molecule has 0 fully saturated rings. The third-order valence-corrected chi connectivity index (χ3v) is 7.26. The van der Waals surface area contributed by atoms with Gasteiger partial charge in [0.25, 0.3) is 0 Å². The number of aromatic nitrogens is 2. The number of rotatable bonds is 9. The van der Waals surface area contributed by atoms with E-state index in [0.29, 0.717) is 29.5 Å². The number of halogens is 2. The molecule has 3 rings (SSSR count). The summed E-state index contributed by atoms with van der Waals surface area (Å²) in [6, 6.07) is 10.5. The maximum absolute atomic E-state index is 12.6. The highest BCUT2D eigenvalue weighted by Crippen LogP contribution is 2.35. The standard InChI is InChI=1S/C20H20Cl2N6O4S/c1-3-27(4-2)33(31,32)15-8-6-14(7-9-15)25-19-18(28(29)30)20(24-12-23-19)26-17-10-5-13(21)11-16(17)22/h5-12H,3-4H2,1-2H3,(H2,23,24,25,26). The van der Waals surface area contributed by atoms with Crippen molar-refractivity contribution in [2.75, 3.05) is 23.7 Å². The molecule has 0 aliphatic heterocycles. The molecule has 174 valence electrons. The number of anilines is 4. The summed E-state index contributed by atoms with van der Waals surface area (Å²) in [5.41, 5.74) is 0.369. The molecule has 0 unspecified atom stereocenters. The number of hydrogen-bond acceptors (Lipinski definition) is 8. The Morgan fingerprint density at radius 2 is 1.61 bits per heavy atom. The third-order valence-electron chi connectivity index (χ3n) is 4.65. The second kappa shape index (κ2) is 10.3. The molecule has 2 N–H and O–H groups in total. The van der Waals surface area contributed by atoms with Crippen LogP contribution in [-0.2, 0) is 10.0 Å². The molecule has 0 aliphatic carbocycles. The van der Waals surface area contributed by atoms with Crippen molar-refractivity contribution < 1.29 is 13.3 Å². The van der Waals surface area contributed by atoms with E-state index in [9.17, 15) is 18.5 Å². The molecule has 0 saturated carbocycles. The first-order valence-electron chi connectivity index (χ1n) is 9.76. The smallest absolute Gasteiger partial charge is 0.334 e. The molecule has 0 aliphatic rings. The van der Waals surface area contributed by atoms with Crippen molar-refractivity contribution in [2.24, 2.45) is 0 Å². The SMILES string of the molecule is CCN(CC)S(=O)(=O)c1ccc(Nc2ncnc(Nc3ccc(Cl)cc3Cl)c2[N+](=O)[O-])cc1. The minimum absolute atomic E-state index is 0.0811. The van der Waals surface area contributed by atoms with E-state index in [4.69, 9.17) is 23.2 Å². The summed E-state index contributed by atoms with van der Waals surface area (Å²) in [5, 5.41) is 18.1. The lowest BCUT2D eigenvalue weighted by Crippen LogP contribution is -2.30. The number of hydrogen-bond donors (Lipinski definition) is 2. The maximum atomic E-state index is 12.6. The highest BCUT2D eigenvalue weighted by molar-refractivity contribution is 7.89. The number of nitro groups is 1. The van der Waals surface area contributed by atoms with Gasteiger partial charge in [0.15, 0.2) is 0 Å². The molecule has 0 atom stereocenters. The van der Waals surface area contributed by atoms with Crippen LogP contribution in [0.3, 0.4) is 0 Å². The first-order valence-corrected chi connectivity index (χ1v) is 12.0. The van der Waals surface area contributed by atoms with Crippen molar-refractivity contribution in [1.29, 1.82) is 0 Å². The molecule has 10 nitrogen and oxygen atoms in total. The Kier molecular flexibility index (Phi) is 7.69. The first-order chi connectivity index (χ1) is 15.7. The van der Waals surface area contributed by atoms with Gasteiger partial charge < -0.3 is 10.6 Å². The summed E-state index contributed by atoms with van der Waals surface area (Å²) in [4.78, 5) is 19.2. The molecule has 33 heavy (non-hydrogen) atoms. The summed E-state index contributed by atoms with van der Waals surface area (Å²) in [5.74, 6) is -0.163. The summed E-state index contributed by atoms with van der Waals surface area (Å²) in [6.45, 7) is 4.21. The van der Waals surface area contributed by atoms with E-state index in [2.05, 4.69) is 20.6 Å². The fraction of sp³-hybridized carbons (Fsp3) is 0.200. The zero-order chi connectivity index (χ0) is 24.2. The summed E-state index contributed by atoms with van der Waals surface area (Å²) < 4.78 is 26.6. The van der Waals surface area contributed by atoms with Crippen LogP contribution in [0.2, 0.25) is 10.0 Å². The fourth-order valence-electron chi connectivity index (χ4n) is 3.01. The molecule has 0 saturated heterocycles. The Morgan fingerprint density at radius 3 is 2.15 bits per heavy atom. The lowest BCUT2D eigenvalue weighted by atomic mass is 10.3. The molecule has 3 aromatic rings. The van der Waals surface area contributed by atoms with Gasteiger partial charge in [-0.25, -0.2) is 18.4 Å². The van der Waals surface area contributed by atoms with Gasteiger partial charge in [0.05, 0.1) is 20.5 Å². The van der Waals surface area contributed by atoms with Crippen molar-refractivity contribution in [2.45, 2.75) is 18.7 Å². The van der Waals surface area contributed by atoms with Gasteiger partial charge in [0.2, 0.25) is 21.7 Å². The van der Waals surface area contributed by atoms with Crippen LogP contribution in [0.5, 0.6) is 0 Å². The Labute approximate surface area is 200 Å². The topological polar surface area (TPSA) is 130 Å². The zero-order valence-corrected chi connectivity index (χ0v) is 19.9. The van der Waals surface area contributed by atoms with Crippen LogP contribution < -0.4 is 10.6 Å². The highest BCUT2D eigenvalue weighted by Gasteiger charge is 2.25. The summed E-state index contributed by atoms with van der Waals surface area (Å²) in [7, 11) is -3.62. The Morgan fingerprint density at radius 1 is 1.00 bits per heavy atom. The average molecular weight is 511 g/mol. The normalized spacial score (nSPS) is 11.4. The van der Waals surface area contributed by atoms with Gasteiger partial charge in [0, 0.05) is 23.8 Å². The summed E-state index contributed by atoms with van der Waals surface area (Å²) >= 11 is 12.0. The predicted molar refractivity (Wildman–Crippen MR) is 128 cm³/mol. The second-order valence-corrected chi connectivity index (χ2v) is 9.45. The Balaban J connectivity index is 1.91. The van der Waals surface area contributed by atoms with Crippen LogP contribution in [0.4, 0.5) is 28.7 Å². The van der Waals surface area contributed by atoms with Crippen molar-refractivity contribution in [1.82, 2.24) is 14.3 Å². The number of nitrogens with one attached hydrogen (secondary N) is 2. The number of nitrogens with zero attached hydrogens (tertiary/aromatic N) is 4. The maximum Gasteiger partial charge on any atom is 0.353 e. The van der Waals surface area contributed by atoms with Gasteiger partial charge >= 0.3 is 5.69 Å². The van der Waals surface area contributed by atoms with Crippen molar-refractivity contribution in [3.05, 3.63) is 69.0 Å². The average Bonchev–Trinajstić information content (AvgIpc) is 2.76. The van der Waals surface area contributed by atoms with E-state index >= 15 is 0 Å². The number of sulfonamides is 1. The van der Waals surface area contributed by atoms with Crippen LogP contribution >= 0.6 is 23.2 Å². The van der Waals surface area contributed by atoms with Crippen molar-refractivity contribution in [3.8, 4) is 0 Å². The third kappa shape index (κ3) is 5.50. The minimum atomic E-state index is -3.62. The van der Waals surface area contributed by atoms with Crippen LogP contribution in [0.25, 0.3) is 0 Å². The van der Waals surface area contributed by atoms with Gasteiger partial charge in [-0.2, -0.15) is 4.31 Å². The number of benzene rings is 2. The van der Waals surface area contributed by atoms with Crippen LogP contribution in [-0.4, -0.2) is 40.7 Å². The molecule has 0 spiro atoms. The quantitative estimate of drug-likeness (QED) is 0.296. The van der Waals surface area contributed by atoms with Gasteiger partial charge in [-0.05, 0) is 42.5 Å². The lowest BCUT2D eigenvalue weighted by molar-refractivity contribution is -0.383. The van der Waals surface area contributed by atoms with Gasteiger partial charge in [-0.3, -0.25) is 10.1 Å². The molecule has 13 heteroatoms. The van der Waals surface area contributed by atoms with Crippen LogP contribution in [0.1, 0.15) is 13.8 Å². The Bertz CT molecular complexity index is 1270. The van der Waals surface area contributed by atoms with E-state index in [1.165, 1.54) is 34.6 Å². The molecule has 0 amide bonds. The summed E-state index contributed by atoms with van der Waals surface area (Å²) in [6.07, 6.45) is 1.15.